The van der Waals surface area contributed by atoms with Gasteiger partial charge in [-0.1, -0.05) is 0 Å². The summed E-state index contributed by atoms with van der Waals surface area (Å²) in [6.07, 6.45) is 0. The lowest BCUT2D eigenvalue weighted by molar-refractivity contribution is -0.134. The Hall–Kier alpha value is -1.22. The Morgan fingerprint density at radius 2 is 1.41 bits per heavy atom. The molecule has 0 rings (SSSR count). The molecule has 0 aromatic carbocycles. The molecular formula is C14H30N4O4. The molecule has 0 aliphatic heterocycles. The summed E-state index contributed by atoms with van der Waals surface area (Å²) in [4.78, 5) is 23.7. The molecule has 8 nitrogen and oxygen atoms in total. The smallest absolute Gasteiger partial charge is 0.258 e. The zero-order chi connectivity index (χ0) is 17.6. The average Bonchev–Trinajstić information content (AvgIpc) is 2.37. The van der Waals surface area contributed by atoms with Crippen molar-refractivity contribution in [2.24, 2.45) is 11.6 Å². The molecule has 0 heterocycles. The van der Waals surface area contributed by atoms with Gasteiger partial charge in [-0.3, -0.25) is 15.0 Å². The van der Waals surface area contributed by atoms with Crippen LogP contribution in [0.5, 0.6) is 0 Å². The van der Waals surface area contributed by atoms with Gasteiger partial charge in [-0.2, -0.15) is 0 Å². The van der Waals surface area contributed by atoms with Crippen LogP contribution in [-0.2, 0) is 19.1 Å². The number of hydrogen-bond acceptors (Lipinski definition) is 6. The quantitative estimate of drug-likeness (QED) is 0.282. The Balaban J connectivity index is 4.58. The molecule has 0 fully saturated rings. The first-order valence-electron chi connectivity index (χ1n) is 7.20. The Morgan fingerprint density at radius 3 is 1.82 bits per heavy atom. The fourth-order valence-electron chi connectivity index (χ4n) is 1.31. The van der Waals surface area contributed by atoms with Gasteiger partial charge in [0.05, 0.1) is 24.4 Å². The number of carbonyl (C=O) groups excluding carboxylic acids is 2. The molecule has 0 aliphatic rings. The molecule has 8 heteroatoms. The molecule has 0 aliphatic carbocycles. The summed E-state index contributed by atoms with van der Waals surface area (Å²) >= 11 is 0. The van der Waals surface area contributed by atoms with Crippen LogP contribution in [0.1, 0.15) is 41.5 Å². The van der Waals surface area contributed by atoms with E-state index in [0.717, 1.165) is 0 Å². The summed E-state index contributed by atoms with van der Waals surface area (Å²) in [6.45, 7) is 11.1. The van der Waals surface area contributed by atoms with Gasteiger partial charge in [0.15, 0.2) is 0 Å². The van der Waals surface area contributed by atoms with E-state index in [1.807, 2.05) is 47.0 Å². The van der Waals surface area contributed by atoms with E-state index in [2.05, 4.69) is 5.32 Å². The summed E-state index contributed by atoms with van der Waals surface area (Å²) < 4.78 is 11.0. The molecule has 0 saturated carbocycles. The summed E-state index contributed by atoms with van der Waals surface area (Å²) in [5.41, 5.74) is 6.90. The number of rotatable bonds is 7. The summed E-state index contributed by atoms with van der Waals surface area (Å²) in [7, 11) is 0. The second-order valence-corrected chi connectivity index (χ2v) is 7.02. The van der Waals surface area contributed by atoms with E-state index in [0.29, 0.717) is 0 Å². The molecule has 6 N–H and O–H groups in total. The van der Waals surface area contributed by atoms with Gasteiger partial charge in [-0.15, -0.1) is 0 Å². The predicted molar refractivity (Wildman–Crippen MR) is 83.6 cm³/mol. The number of nitrogens with two attached hydrogens (primary N) is 2. The molecule has 0 unspecified atom stereocenters. The molecule has 2 atom stereocenters. The van der Waals surface area contributed by atoms with Crippen LogP contribution in [-0.4, -0.2) is 48.3 Å². The zero-order valence-electron chi connectivity index (χ0n) is 14.4. The number of carbonyl (C=O) groups is 2. The summed E-state index contributed by atoms with van der Waals surface area (Å²) in [5, 5.41) is 2.52. The molecule has 0 aromatic heterocycles. The molecule has 130 valence electrons. The summed E-state index contributed by atoms with van der Waals surface area (Å²) in [6, 6.07) is -1.81. The van der Waals surface area contributed by atoms with Crippen LogP contribution >= 0.6 is 0 Å². The van der Waals surface area contributed by atoms with Crippen molar-refractivity contribution in [1.29, 1.82) is 0 Å². The predicted octanol–water partition coefficient (Wildman–Crippen LogP) is -0.581. The normalized spacial score (nSPS) is 15.1. The molecule has 0 bridgehead atoms. The number of amides is 2. The van der Waals surface area contributed by atoms with Crippen molar-refractivity contribution in [2.45, 2.75) is 64.8 Å². The van der Waals surface area contributed by atoms with Gasteiger partial charge in [-0.25, -0.2) is 5.84 Å². The van der Waals surface area contributed by atoms with Crippen molar-refractivity contribution < 1.29 is 19.1 Å². The number of hydrogen-bond donors (Lipinski definition) is 4. The zero-order valence-corrected chi connectivity index (χ0v) is 14.4. The van der Waals surface area contributed by atoms with Crippen molar-refractivity contribution >= 4 is 11.8 Å². The van der Waals surface area contributed by atoms with E-state index in [4.69, 9.17) is 21.1 Å². The lowest BCUT2D eigenvalue weighted by Gasteiger charge is -2.26. The number of hydrazine groups is 1. The van der Waals surface area contributed by atoms with E-state index in [-0.39, 0.29) is 13.2 Å². The SMILES string of the molecule is CC(C)(C)OC[C@H](NC(=O)[C@@H](N)COC(C)(C)C)C(=O)NN. The first kappa shape index (κ1) is 20.8. The highest BCUT2D eigenvalue weighted by atomic mass is 16.5. The standard InChI is InChI=1S/C14H30N4O4/c1-13(2,3)21-7-9(15)11(19)17-10(12(20)18-16)8-22-14(4,5)6/h9-10H,7-8,15-16H2,1-6H3,(H,17,19)(H,18,20)/t9-,10-/m0/s1. The fourth-order valence-corrected chi connectivity index (χ4v) is 1.31. The Labute approximate surface area is 132 Å². The Morgan fingerprint density at radius 1 is 0.955 bits per heavy atom. The van der Waals surface area contributed by atoms with Gasteiger partial charge in [-0.05, 0) is 41.5 Å². The number of ether oxygens (including phenoxy) is 2. The monoisotopic (exact) mass is 318 g/mol. The van der Waals surface area contributed by atoms with Gasteiger partial charge < -0.3 is 20.5 Å². The van der Waals surface area contributed by atoms with Crippen LogP contribution in [0.3, 0.4) is 0 Å². The van der Waals surface area contributed by atoms with Gasteiger partial charge >= 0.3 is 0 Å². The lowest BCUT2D eigenvalue weighted by Crippen LogP contribution is -2.56. The maximum absolute atomic E-state index is 12.0. The van der Waals surface area contributed by atoms with Crippen LogP contribution in [0.2, 0.25) is 0 Å². The van der Waals surface area contributed by atoms with Crippen LogP contribution in [0.25, 0.3) is 0 Å². The van der Waals surface area contributed by atoms with Crippen molar-refractivity contribution in [1.82, 2.24) is 10.7 Å². The van der Waals surface area contributed by atoms with Crippen LogP contribution in [0, 0.1) is 0 Å². The maximum atomic E-state index is 12.0. The van der Waals surface area contributed by atoms with Crippen LogP contribution in [0.4, 0.5) is 0 Å². The van der Waals surface area contributed by atoms with Crippen LogP contribution < -0.4 is 22.3 Å². The maximum Gasteiger partial charge on any atom is 0.258 e. The number of nitrogens with one attached hydrogen (secondary N) is 2. The minimum atomic E-state index is -0.919. The van der Waals surface area contributed by atoms with E-state index < -0.39 is 35.1 Å². The van der Waals surface area contributed by atoms with E-state index >= 15 is 0 Å². The largest absolute Gasteiger partial charge is 0.374 e. The van der Waals surface area contributed by atoms with E-state index in [1.165, 1.54) is 0 Å². The third-order valence-corrected chi connectivity index (χ3v) is 2.49. The minimum absolute atomic E-state index is 0.00881. The van der Waals surface area contributed by atoms with Crippen LogP contribution in [0.15, 0.2) is 0 Å². The second kappa shape index (κ2) is 8.42. The highest BCUT2D eigenvalue weighted by Crippen LogP contribution is 2.08. The van der Waals surface area contributed by atoms with Gasteiger partial charge in [0.1, 0.15) is 12.1 Å². The third-order valence-electron chi connectivity index (χ3n) is 2.49. The van der Waals surface area contributed by atoms with Gasteiger partial charge in [0, 0.05) is 0 Å². The Kier molecular flexibility index (Phi) is 7.96. The summed E-state index contributed by atoms with van der Waals surface area (Å²) in [5.74, 6) is 4.06. The third kappa shape index (κ3) is 9.67. The highest BCUT2D eigenvalue weighted by molar-refractivity contribution is 5.89. The van der Waals surface area contributed by atoms with E-state index in [1.54, 1.807) is 0 Å². The van der Waals surface area contributed by atoms with Crippen molar-refractivity contribution in [3.8, 4) is 0 Å². The fraction of sp³-hybridized carbons (Fsp3) is 0.857. The molecule has 22 heavy (non-hydrogen) atoms. The molecule has 2 amide bonds. The Bertz CT molecular complexity index is 374. The van der Waals surface area contributed by atoms with Crippen molar-refractivity contribution in [3.05, 3.63) is 0 Å². The molecule has 0 radical (unpaired) electrons. The first-order valence-corrected chi connectivity index (χ1v) is 7.20. The molecule has 0 spiro atoms. The van der Waals surface area contributed by atoms with Crippen molar-refractivity contribution in [3.63, 3.8) is 0 Å². The van der Waals surface area contributed by atoms with Crippen molar-refractivity contribution in [2.75, 3.05) is 13.2 Å². The lowest BCUT2D eigenvalue weighted by atomic mass is 10.1. The molecule has 0 saturated heterocycles. The topological polar surface area (TPSA) is 129 Å². The molecular weight excluding hydrogens is 288 g/mol. The van der Waals surface area contributed by atoms with Gasteiger partial charge in [0.25, 0.3) is 5.91 Å². The second-order valence-electron chi connectivity index (χ2n) is 7.02. The molecule has 0 aromatic rings. The van der Waals surface area contributed by atoms with Gasteiger partial charge in [0.2, 0.25) is 5.91 Å². The minimum Gasteiger partial charge on any atom is -0.374 e. The average molecular weight is 318 g/mol. The highest BCUT2D eigenvalue weighted by Gasteiger charge is 2.26. The first-order chi connectivity index (χ1) is 9.85. The van der Waals surface area contributed by atoms with E-state index in [9.17, 15) is 9.59 Å².